The molecule has 0 spiro atoms. The van der Waals surface area contributed by atoms with Gasteiger partial charge in [-0.25, -0.2) is 9.78 Å². The Morgan fingerprint density at radius 2 is 1.74 bits per heavy atom. The number of carbonyl (C=O) groups is 5. The average Bonchev–Trinajstić information content (AvgIpc) is 3.29. The molecule has 0 aliphatic heterocycles. The Kier molecular flexibility index (Phi) is 12.1. The van der Waals surface area contributed by atoms with E-state index in [9.17, 15) is 29.1 Å². The number of carboxylic acid groups (broad SMARTS) is 2. The molecule has 1 aromatic heterocycles. The van der Waals surface area contributed by atoms with Crippen LogP contribution in [0.3, 0.4) is 0 Å². The molecule has 0 aliphatic carbocycles. The molecule has 34 heavy (non-hydrogen) atoms. The maximum Gasteiger partial charge on any atom is 0.326 e. The van der Waals surface area contributed by atoms with Crippen LogP contribution < -0.4 is 21.7 Å². The van der Waals surface area contributed by atoms with Gasteiger partial charge in [0.1, 0.15) is 18.1 Å². The molecule has 0 fully saturated rings. The van der Waals surface area contributed by atoms with Gasteiger partial charge in [-0.05, 0) is 12.3 Å². The molecule has 0 radical (unpaired) electrons. The summed E-state index contributed by atoms with van der Waals surface area (Å²) in [5.41, 5.74) is 6.59. The van der Waals surface area contributed by atoms with Crippen LogP contribution in [-0.4, -0.2) is 79.8 Å². The van der Waals surface area contributed by atoms with Crippen molar-refractivity contribution in [1.82, 2.24) is 25.9 Å². The summed E-state index contributed by atoms with van der Waals surface area (Å²) in [7, 11) is 0. The van der Waals surface area contributed by atoms with Crippen LogP contribution in [0.5, 0.6) is 0 Å². The highest BCUT2D eigenvalue weighted by molar-refractivity contribution is 7.80. The van der Waals surface area contributed by atoms with Crippen molar-refractivity contribution < 1.29 is 34.2 Å². The van der Waals surface area contributed by atoms with Crippen LogP contribution in [-0.2, 0) is 30.4 Å². The zero-order valence-corrected chi connectivity index (χ0v) is 19.9. The Labute approximate surface area is 202 Å². The SMILES string of the molecule is CCC(C)C(NC(=O)C(N)Cc1cnc[nH]1)C(=O)NC(CS)C(=O)NC(CCC(=O)O)C(=O)O. The third kappa shape index (κ3) is 9.39. The summed E-state index contributed by atoms with van der Waals surface area (Å²) in [4.78, 5) is 66.8. The maximum absolute atomic E-state index is 12.9. The molecule has 5 atom stereocenters. The molecule has 0 aliphatic rings. The molecule has 14 heteroatoms. The highest BCUT2D eigenvalue weighted by Gasteiger charge is 2.32. The van der Waals surface area contributed by atoms with Gasteiger partial charge in [-0.2, -0.15) is 12.6 Å². The molecule has 1 rings (SSSR count). The van der Waals surface area contributed by atoms with Gasteiger partial charge in [-0.1, -0.05) is 20.3 Å². The fraction of sp³-hybridized carbons (Fsp3) is 0.600. The third-order valence-electron chi connectivity index (χ3n) is 5.20. The van der Waals surface area contributed by atoms with Crippen LogP contribution >= 0.6 is 12.6 Å². The van der Waals surface area contributed by atoms with Crippen LogP contribution in [0.4, 0.5) is 0 Å². The smallest absolute Gasteiger partial charge is 0.326 e. The fourth-order valence-electron chi connectivity index (χ4n) is 2.94. The van der Waals surface area contributed by atoms with Crippen LogP contribution in [0.2, 0.25) is 0 Å². The third-order valence-corrected chi connectivity index (χ3v) is 5.57. The van der Waals surface area contributed by atoms with Gasteiger partial charge in [0, 0.05) is 30.5 Å². The van der Waals surface area contributed by atoms with Crippen molar-refractivity contribution in [2.45, 2.75) is 63.7 Å². The van der Waals surface area contributed by atoms with Crippen molar-refractivity contribution >= 4 is 42.3 Å². The Bertz CT molecular complexity index is 850. The molecule has 13 nitrogen and oxygen atoms in total. The van der Waals surface area contributed by atoms with Gasteiger partial charge in [0.2, 0.25) is 17.7 Å². The molecule has 0 aromatic carbocycles. The van der Waals surface area contributed by atoms with E-state index in [1.54, 1.807) is 6.92 Å². The van der Waals surface area contributed by atoms with E-state index < -0.39 is 60.2 Å². The van der Waals surface area contributed by atoms with Crippen molar-refractivity contribution in [3.63, 3.8) is 0 Å². The number of nitrogens with zero attached hydrogens (tertiary/aromatic N) is 1. The number of nitrogens with two attached hydrogens (primary N) is 1. The van der Waals surface area contributed by atoms with Crippen molar-refractivity contribution in [1.29, 1.82) is 0 Å². The fourth-order valence-corrected chi connectivity index (χ4v) is 3.20. The standard InChI is InChI=1S/C20H32N6O7S/c1-3-10(2)16(26-17(29)12(21)6-11-7-22-9-23-11)19(31)25-14(8-34)18(30)24-13(20(32)33)4-5-15(27)28/h7,9-10,12-14,16,34H,3-6,8,21H2,1-2H3,(H,22,23)(H,24,30)(H,25,31)(H,26,29)(H,27,28)(H,32,33). The number of hydrogen-bond donors (Lipinski definition) is 8. The van der Waals surface area contributed by atoms with Gasteiger partial charge in [0.15, 0.2) is 0 Å². The predicted octanol–water partition coefficient (Wildman–Crippen LogP) is -1.34. The van der Waals surface area contributed by atoms with E-state index in [2.05, 4.69) is 38.5 Å². The molecule has 0 bridgehead atoms. The second-order valence-corrected chi connectivity index (χ2v) is 8.20. The Morgan fingerprint density at radius 1 is 1.09 bits per heavy atom. The van der Waals surface area contributed by atoms with E-state index in [1.165, 1.54) is 12.5 Å². The zero-order chi connectivity index (χ0) is 25.8. The van der Waals surface area contributed by atoms with Crippen molar-refractivity contribution in [2.75, 3.05) is 5.75 Å². The van der Waals surface area contributed by atoms with Gasteiger partial charge >= 0.3 is 11.9 Å². The molecule has 1 heterocycles. The first-order chi connectivity index (χ1) is 16.0. The minimum atomic E-state index is -1.45. The van der Waals surface area contributed by atoms with Crippen LogP contribution in [0.1, 0.15) is 38.8 Å². The monoisotopic (exact) mass is 500 g/mol. The van der Waals surface area contributed by atoms with E-state index in [1.807, 2.05) is 6.92 Å². The topological polar surface area (TPSA) is 217 Å². The molecular weight excluding hydrogens is 468 g/mol. The van der Waals surface area contributed by atoms with Gasteiger partial charge in [0.25, 0.3) is 0 Å². The van der Waals surface area contributed by atoms with Crippen LogP contribution in [0, 0.1) is 5.92 Å². The number of imidazole rings is 1. The summed E-state index contributed by atoms with van der Waals surface area (Å²) in [5, 5.41) is 25.3. The Morgan fingerprint density at radius 3 is 2.24 bits per heavy atom. The molecule has 5 unspecified atom stereocenters. The summed E-state index contributed by atoms with van der Waals surface area (Å²) >= 11 is 4.05. The number of hydrogen-bond acceptors (Lipinski definition) is 8. The summed E-state index contributed by atoms with van der Waals surface area (Å²) in [6.45, 7) is 3.57. The first kappa shape index (κ1) is 28.9. The highest BCUT2D eigenvalue weighted by atomic mass is 32.1. The van der Waals surface area contributed by atoms with Crippen molar-refractivity contribution in [2.24, 2.45) is 11.7 Å². The first-order valence-electron chi connectivity index (χ1n) is 10.7. The normalized spacial score (nSPS) is 15.3. The lowest BCUT2D eigenvalue weighted by Crippen LogP contribution is -2.59. The lowest BCUT2D eigenvalue weighted by molar-refractivity contribution is -0.143. The number of rotatable bonds is 15. The minimum Gasteiger partial charge on any atom is -0.481 e. The van der Waals surface area contributed by atoms with E-state index in [4.69, 9.17) is 10.8 Å². The number of nitrogens with one attached hydrogen (secondary N) is 4. The Balaban J connectivity index is 2.84. The van der Waals surface area contributed by atoms with Crippen LogP contribution in [0.15, 0.2) is 12.5 Å². The van der Waals surface area contributed by atoms with Crippen molar-refractivity contribution in [3.05, 3.63) is 18.2 Å². The number of amides is 3. The number of thiol groups is 1. The molecule has 3 amide bonds. The van der Waals surface area contributed by atoms with Gasteiger partial charge < -0.3 is 36.9 Å². The number of H-pyrrole nitrogens is 1. The summed E-state index contributed by atoms with van der Waals surface area (Å²) in [6, 6.07) is -4.63. The lowest BCUT2D eigenvalue weighted by Gasteiger charge is -2.27. The summed E-state index contributed by atoms with van der Waals surface area (Å²) in [5.74, 6) is -5.17. The predicted molar refractivity (Wildman–Crippen MR) is 124 cm³/mol. The zero-order valence-electron chi connectivity index (χ0n) is 19.0. The molecular formula is C20H32N6O7S. The summed E-state index contributed by atoms with van der Waals surface area (Å²) < 4.78 is 0. The van der Waals surface area contributed by atoms with Crippen LogP contribution in [0.25, 0.3) is 0 Å². The van der Waals surface area contributed by atoms with Gasteiger partial charge in [-0.15, -0.1) is 0 Å². The molecule has 0 saturated heterocycles. The second-order valence-electron chi connectivity index (χ2n) is 7.83. The highest BCUT2D eigenvalue weighted by Crippen LogP contribution is 2.10. The maximum atomic E-state index is 12.9. The quantitative estimate of drug-likeness (QED) is 0.133. The largest absolute Gasteiger partial charge is 0.481 e. The number of carbonyl (C=O) groups excluding carboxylic acids is 3. The lowest BCUT2D eigenvalue weighted by atomic mass is 9.97. The molecule has 1 aromatic rings. The Hall–Kier alpha value is -3.13. The number of carboxylic acids is 2. The van der Waals surface area contributed by atoms with Gasteiger partial charge in [0.05, 0.1) is 12.4 Å². The second kappa shape index (κ2) is 14.2. The number of aliphatic carboxylic acids is 2. The van der Waals surface area contributed by atoms with Gasteiger partial charge in [-0.3, -0.25) is 19.2 Å². The van der Waals surface area contributed by atoms with E-state index in [0.29, 0.717) is 12.1 Å². The first-order valence-corrected chi connectivity index (χ1v) is 11.3. The van der Waals surface area contributed by atoms with E-state index >= 15 is 0 Å². The summed E-state index contributed by atoms with van der Waals surface area (Å²) in [6.07, 6.45) is 2.90. The molecule has 0 saturated carbocycles. The average molecular weight is 501 g/mol. The number of aromatic nitrogens is 2. The number of aromatic amines is 1. The molecule has 190 valence electrons. The van der Waals surface area contributed by atoms with E-state index in [0.717, 1.165) is 0 Å². The van der Waals surface area contributed by atoms with E-state index in [-0.39, 0.29) is 24.5 Å². The molecule has 8 N–H and O–H groups in total. The van der Waals surface area contributed by atoms with Crippen molar-refractivity contribution in [3.8, 4) is 0 Å². The minimum absolute atomic E-state index is 0.163.